The number of rotatable bonds is 4. The van der Waals surface area contributed by atoms with E-state index in [-0.39, 0.29) is 0 Å². The molecule has 0 amide bonds. The lowest BCUT2D eigenvalue weighted by atomic mass is 10.3. The lowest BCUT2D eigenvalue weighted by Crippen LogP contribution is -1.95. The fraction of sp³-hybridized carbons (Fsp3) is 0.0625. The minimum atomic E-state index is 0.622. The maximum atomic E-state index is 6.17. The van der Waals surface area contributed by atoms with Crippen molar-refractivity contribution in [3.8, 4) is 5.69 Å². The molecule has 2 aromatic heterocycles. The second kappa shape index (κ2) is 6.06. The van der Waals surface area contributed by atoms with Crippen LogP contribution in [-0.4, -0.2) is 20.0 Å². The van der Waals surface area contributed by atoms with E-state index in [1.165, 1.54) is 11.8 Å². The molecule has 0 saturated carbocycles. The molecule has 5 nitrogen and oxygen atoms in total. The quantitative estimate of drug-likeness (QED) is 0.516. The van der Waals surface area contributed by atoms with Crippen molar-refractivity contribution >= 4 is 34.5 Å². The maximum Gasteiger partial charge on any atom is 0.257 e. The van der Waals surface area contributed by atoms with Crippen LogP contribution < -0.4 is 0 Å². The molecule has 7 heteroatoms. The van der Waals surface area contributed by atoms with E-state index in [1.54, 1.807) is 4.68 Å². The molecule has 0 aliphatic carbocycles. The van der Waals surface area contributed by atoms with Crippen LogP contribution in [0.25, 0.3) is 16.8 Å². The SMILES string of the molecule is Clc1ccccc1-n1cc(CSc2nc3ccccc3o2)nn1. The zero-order chi connectivity index (χ0) is 15.6. The normalized spacial score (nSPS) is 11.2. The van der Waals surface area contributed by atoms with Gasteiger partial charge in [-0.3, -0.25) is 0 Å². The van der Waals surface area contributed by atoms with Gasteiger partial charge in [-0.15, -0.1) is 5.10 Å². The Morgan fingerprint density at radius 1 is 1.09 bits per heavy atom. The second-order valence-electron chi connectivity index (χ2n) is 4.84. The maximum absolute atomic E-state index is 6.17. The fourth-order valence-corrected chi connectivity index (χ4v) is 3.11. The Kier molecular flexibility index (Phi) is 3.77. The first-order valence-corrected chi connectivity index (χ1v) is 8.30. The number of oxazole rings is 1. The molecule has 2 aromatic carbocycles. The number of aromatic nitrogens is 4. The Morgan fingerprint density at radius 3 is 2.78 bits per heavy atom. The highest BCUT2D eigenvalue weighted by Crippen LogP contribution is 2.26. The highest BCUT2D eigenvalue weighted by atomic mass is 35.5. The van der Waals surface area contributed by atoms with E-state index >= 15 is 0 Å². The predicted molar refractivity (Wildman–Crippen MR) is 89.9 cm³/mol. The molecule has 0 aliphatic rings. The molecule has 4 aromatic rings. The van der Waals surface area contributed by atoms with Crippen LogP contribution in [0.1, 0.15) is 5.69 Å². The van der Waals surface area contributed by atoms with E-state index in [1.807, 2.05) is 54.7 Å². The van der Waals surface area contributed by atoms with E-state index in [0.717, 1.165) is 22.5 Å². The molecule has 0 saturated heterocycles. The summed E-state index contributed by atoms with van der Waals surface area (Å²) in [6.45, 7) is 0. The average Bonchev–Trinajstić information content (AvgIpc) is 3.19. The summed E-state index contributed by atoms with van der Waals surface area (Å²) in [6, 6.07) is 15.2. The summed E-state index contributed by atoms with van der Waals surface area (Å²) < 4.78 is 7.35. The van der Waals surface area contributed by atoms with Gasteiger partial charge in [0, 0.05) is 5.75 Å². The van der Waals surface area contributed by atoms with Crippen LogP contribution >= 0.6 is 23.4 Å². The molecule has 0 bridgehead atoms. The number of hydrogen-bond acceptors (Lipinski definition) is 5. The Labute approximate surface area is 141 Å². The average molecular weight is 343 g/mol. The van der Waals surface area contributed by atoms with Crippen molar-refractivity contribution in [2.24, 2.45) is 0 Å². The van der Waals surface area contributed by atoms with Gasteiger partial charge in [0.1, 0.15) is 5.52 Å². The summed E-state index contributed by atoms with van der Waals surface area (Å²) in [5, 5.41) is 9.55. The third kappa shape index (κ3) is 2.95. The topological polar surface area (TPSA) is 56.7 Å². The molecular weight excluding hydrogens is 332 g/mol. The zero-order valence-corrected chi connectivity index (χ0v) is 13.5. The largest absolute Gasteiger partial charge is 0.431 e. The van der Waals surface area contributed by atoms with Gasteiger partial charge in [-0.2, -0.15) is 0 Å². The van der Waals surface area contributed by atoms with E-state index in [2.05, 4.69) is 15.3 Å². The van der Waals surface area contributed by atoms with Gasteiger partial charge in [0.25, 0.3) is 5.22 Å². The molecule has 0 radical (unpaired) electrons. The summed E-state index contributed by atoms with van der Waals surface area (Å²) in [4.78, 5) is 4.43. The molecule has 0 spiro atoms. The minimum absolute atomic E-state index is 0.622. The van der Waals surface area contributed by atoms with Gasteiger partial charge < -0.3 is 4.42 Å². The van der Waals surface area contributed by atoms with Crippen LogP contribution in [-0.2, 0) is 5.75 Å². The van der Waals surface area contributed by atoms with E-state index < -0.39 is 0 Å². The molecule has 0 unspecified atom stereocenters. The lowest BCUT2D eigenvalue weighted by molar-refractivity contribution is 0.489. The second-order valence-corrected chi connectivity index (χ2v) is 6.18. The third-order valence-electron chi connectivity index (χ3n) is 3.26. The summed E-state index contributed by atoms with van der Waals surface area (Å²) in [5.74, 6) is 0.622. The van der Waals surface area contributed by atoms with Crippen molar-refractivity contribution in [1.82, 2.24) is 20.0 Å². The van der Waals surface area contributed by atoms with Crippen molar-refractivity contribution in [2.45, 2.75) is 11.0 Å². The molecule has 114 valence electrons. The summed E-state index contributed by atoms with van der Waals surface area (Å²) in [6.07, 6.45) is 1.86. The lowest BCUT2D eigenvalue weighted by Gasteiger charge is -2.01. The number of hydrogen-bond donors (Lipinski definition) is 0. The van der Waals surface area contributed by atoms with Gasteiger partial charge in [-0.1, -0.05) is 52.8 Å². The first-order valence-electron chi connectivity index (χ1n) is 6.94. The molecular formula is C16H11ClN4OS. The number of para-hydroxylation sites is 3. The zero-order valence-electron chi connectivity index (χ0n) is 11.9. The number of halogens is 1. The monoisotopic (exact) mass is 342 g/mol. The van der Waals surface area contributed by atoms with Gasteiger partial charge in [-0.25, -0.2) is 9.67 Å². The number of nitrogens with zero attached hydrogens (tertiary/aromatic N) is 4. The number of benzene rings is 2. The van der Waals surface area contributed by atoms with Crippen molar-refractivity contribution in [3.05, 3.63) is 65.4 Å². The molecule has 0 N–H and O–H groups in total. The van der Waals surface area contributed by atoms with Crippen LogP contribution in [0.15, 0.2) is 64.4 Å². The molecule has 2 heterocycles. The molecule has 4 rings (SSSR count). The first-order chi connectivity index (χ1) is 11.3. The standard InChI is InChI=1S/C16H11ClN4OS/c17-12-5-1-3-7-14(12)21-9-11(19-20-21)10-23-16-18-13-6-2-4-8-15(13)22-16/h1-9H,10H2. The van der Waals surface area contributed by atoms with Gasteiger partial charge in [-0.05, 0) is 24.3 Å². The van der Waals surface area contributed by atoms with Gasteiger partial charge >= 0.3 is 0 Å². The molecule has 0 atom stereocenters. The number of thioether (sulfide) groups is 1. The fourth-order valence-electron chi connectivity index (χ4n) is 2.17. The summed E-state index contributed by atoms with van der Waals surface area (Å²) in [5.41, 5.74) is 3.28. The van der Waals surface area contributed by atoms with Crippen LogP contribution in [0.3, 0.4) is 0 Å². The van der Waals surface area contributed by atoms with E-state index in [0.29, 0.717) is 16.0 Å². The van der Waals surface area contributed by atoms with Crippen LogP contribution in [0.2, 0.25) is 5.02 Å². The highest BCUT2D eigenvalue weighted by Gasteiger charge is 2.09. The Balaban J connectivity index is 1.51. The smallest absolute Gasteiger partial charge is 0.257 e. The highest BCUT2D eigenvalue weighted by molar-refractivity contribution is 7.98. The van der Waals surface area contributed by atoms with Gasteiger partial charge in [0.2, 0.25) is 0 Å². The number of fused-ring (bicyclic) bond motifs is 1. The minimum Gasteiger partial charge on any atom is -0.431 e. The van der Waals surface area contributed by atoms with Crippen molar-refractivity contribution in [3.63, 3.8) is 0 Å². The Bertz CT molecular complexity index is 932. The third-order valence-corrected chi connectivity index (χ3v) is 4.44. The van der Waals surface area contributed by atoms with E-state index in [9.17, 15) is 0 Å². The van der Waals surface area contributed by atoms with Crippen LogP contribution in [0.4, 0.5) is 0 Å². The Morgan fingerprint density at radius 2 is 1.91 bits per heavy atom. The van der Waals surface area contributed by atoms with Crippen molar-refractivity contribution in [2.75, 3.05) is 0 Å². The van der Waals surface area contributed by atoms with Crippen molar-refractivity contribution in [1.29, 1.82) is 0 Å². The summed E-state index contributed by atoms with van der Waals surface area (Å²) >= 11 is 7.65. The van der Waals surface area contributed by atoms with Crippen LogP contribution in [0, 0.1) is 0 Å². The molecule has 0 aliphatic heterocycles. The summed E-state index contributed by atoms with van der Waals surface area (Å²) in [7, 11) is 0. The predicted octanol–water partition coefficient (Wildman–Crippen LogP) is 4.35. The first kappa shape index (κ1) is 14.3. The van der Waals surface area contributed by atoms with Gasteiger partial charge in [0.05, 0.1) is 22.6 Å². The van der Waals surface area contributed by atoms with Crippen LogP contribution in [0.5, 0.6) is 0 Å². The van der Waals surface area contributed by atoms with Gasteiger partial charge in [0.15, 0.2) is 5.58 Å². The molecule has 23 heavy (non-hydrogen) atoms. The van der Waals surface area contributed by atoms with Crippen molar-refractivity contribution < 1.29 is 4.42 Å². The molecule has 0 fully saturated rings. The Hall–Kier alpha value is -2.31. The van der Waals surface area contributed by atoms with E-state index in [4.69, 9.17) is 16.0 Å².